The van der Waals surface area contributed by atoms with E-state index in [1.165, 1.54) is 12.1 Å². The molecule has 0 unspecified atom stereocenters. The standard InChI is InChI=1S/C15H10F4N4O2/c1-8-2-5-12(22-21-8)24-7-9-3-4-10(11(16)6-9)13-20-14(25-23-13)15(17,18)19/h2-6H,7H2,1H3. The van der Waals surface area contributed by atoms with Crippen molar-refractivity contribution >= 4 is 0 Å². The minimum atomic E-state index is -4.79. The number of nitrogens with zero attached hydrogens (tertiary/aromatic N) is 4. The average molecular weight is 354 g/mol. The fourth-order valence-corrected chi connectivity index (χ4v) is 1.90. The summed E-state index contributed by atoms with van der Waals surface area (Å²) in [4.78, 5) is 3.15. The van der Waals surface area contributed by atoms with Gasteiger partial charge >= 0.3 is 12.1 Å². The first-order valence-corrected chi connectivity index (χ1v) is 6.96. The molecule has 0 bridgehead atoms. The van der Waals surface area contributed by atoms with Gasteiger partial charge in [0.25, 0.3) is 0 Å². The van der Waals surface area contributed by atoms with Crippen LogP contribution >= 0.6 is 0 Å². The van der Waals surface area contributed by atoms with Crippen molar-refractivity contribution in [3.05, 3.63) is 53.3 Å². The van der Waals surface area contributed by atoms with Crippen LogP contribution in [0.25, 0.3) is 11.4 Å². The van der Waals surface area contributed by atoms with Gasteiger partial charge in [-0.3, -0.25) is 0 Å². The molecule has 0 saturated heterocycles. The lowest BCUT2D eigenvalue weighted by molar-refractivity contribution is -0.159. The molecule has 0 radical (unpaired) electrons. The summed E-state index contributed by atoms with van der Waals surface area (Å²) in [5, 5.41) is 10.8. The fraction of sp³-hybridized carbons (Fsp3) is 0.200. The van der Waals surface area contributed by atoms with Gasteiger partial charge in [0.05, 0.1) is 11.3 Å². The van der Waals surface area contributed by atoms with Gasteiger partial charge in [-0.1, -0.05) is 11.2 Å². The molecule has 0 aliphatic carbocycles. The molecule has 0 spiro atoms. The normalized spacial score (nSPS) is 11.6. The van der Waals surface area contributed by atoms with Crippen LogP contribution in [-0.2, 0) is 12.8 Å². The summed E-state index contributed by atoms with van der Waals surface area (Å²) in [5.74, 6) is -2.55. The third-order valence-electron chi connectivity index (χ3n) is 3.10. The van der Waals surface area contributed by atoms with Gasteiger partial charge in [0.2, 0.25) is 11.7 Å². The summed E-state index contributed by atoms with van der Waals surface area (Å²) < 4.78 is 60.9. The molecule has 3 aromatic rings. The van der Waals surface area contributed by atoms with E-state index in [2.05, 4.69) is 24.9 Å². The molecular formula is C15H10F4N4O2. The summed E-state index contributed by atoms with van der Waals surface area (Å²) in [5.41, 5.74) is 0.961. The average Bonchev–Trinajstić information content (AvgIpc) is 3.04. The van der Waals surface area contributed by atoms with E-state index in [0.29, 0.717) is 5.56 Å². The second-order valence-electron chi connectivity index (χ2n) is 5.04. The lowest BCUT2D eigenvalue weighted by Crippen LogP contribution is -2.05. The number of aryl methyl sites for hydroxylation is 1. The van der Waals surface area contributed by atoms with Crippen LogP contribution in [0.1, 0.15) is 17.1 Å². The van der Waals surface area contributed by atoms with Gasteiger partial charge < -0.3 is 9.26 Å². The minimum absolute atomic E-state index is 0.00891. The molecule has 3 rings (SSSR count). The number of hydrogen-bond donors (Lipinski definition) is 0. The molecule has 10 heteroatoms. The molecule has 2 heterocycles. The van der Waals surface area contributed by atoms with Crippen molar-refractivity contribution in [1.82, 2.24) is 20.3 Å². The van der Waals surface area contributed by atoms with Crippen LogP contribution in [0.15, 0.2) is 34.9 Å². The second kappa shape index (κ2) is 6.46. The van der Waals surface area contributed by atoms with Crippen LogP contribution in [0.4, 0.5) is 17.6 Å². The molecule has 130 valence electrons. The molecule has 25 heavy (non-hydrogen) atoms. The third kappa shape index (κ3) is 3.90. The number of alkyl halides is 3. The zero-order valence-electron chi connectivity index (χ0n) is 12.7. The third-order valence-corrected chi connectivity index (χ3v) is 3.10. The SMILES string of the molecule is Cc1ccc(OCc2ccc(-c3noc(C(F)(F)F)n3)c(F)c2)nn1. The number of ether oxygens (including phenoxy) is 1. The zero-order chi connectivity index (χ0) is 18.0. The van der Waals surface area contributed by atoms with Crippen molar-refractivity contribution in [2.24, 2.45) is 0 Å². The van der Waals surface area contributed by atoms with Crippen LogP contribution in [0, 0.1) is 12.7 Å². The fourth-order valence-electron chi connectivity index (χ4n) is 1.90. The van der Waals surface area contributed by atoms with E-state index < -0.39 is 23.7 Å². The quantitative estimate of drug-likeness (QED) is 0.667. The van der Waals surface area contributed by atoms with Crippen LogP contribution in [0.2, 0.25) is 0 Å². The van der Waals surface area contributed by atoms with Crippen molar-refractivity contribution in [3.8, 4) is 17.3 Å². The Labute approximate surface area is 138 Å². The highest BCUT2D eigenvalue weighted by molar-refractivity contribution is 5.55. The molecule has 0 fully saturated rings. The molecule has 0 N–H and O–H groups in total. The minimum Gasteiger partial charge on any atom is -0.472 e. The van der Waals surface area contributed by atoms with Crippen LogP contribution in [-0.4, -0.2) is 20.3 Å². The Hall–Kier alpha value is -3.04. The Kier molecular flexibility index (Phi) is 4.34. The molecular weight excluding hydrogens is 344 g/mol. The summed E-state index contributed by atoms with van der Waals surface area (Å²) >= 11 is 0. The molecule has 1 aromatic carbocycles. The highest BCUT2D eigenvalue weighted by atomic mass is 19.4. The van der Waals surface area contributed by atoms with Crippen LogP contribution in [0.3, 0.4) is 0 Å². The van der Waals surface area contributed by atoms with E-state index in [4.69, 9.17) is 4.74 Å². The lowest BCUT2D eigenvalue weighted by atomic mass is 10.1. The molecule has 0 amide bonds. The highest BCUT2D eigenvalue weighted by Crippen LogP contribution is 2.30. The number of aromatic nitrogens is 4. The maximum atomic E-state index is 14.1. The van der Waals surface area contributed by atoms with Gasteiger partial charge in [-0.15, -0.1) is 5.10 Å². The molecule has 0 saturated carbocycles. The highest BCUT2D eigenvalue weighted by Gasteiger charge is 2.38. The predicted molar refractivity (Wildman–Crippen MR) is 75.8 cm³/mol. The summed E-state index contributed by atoms with van der Waals surface area (Å²) in [6.45, 7) is 1.78. The van der Waals surface area contributed by atoms with Gasteiger partial charge in [-0.05, 0) is 30.7 Å². The Bertz CT molecular complexity index is 878. The van der Waals surface area contributed by atoms with Crippen LogP contribution in [0.5, 0.6) is 5.88 Å². The monoisotopic (exact) mass is 354 g/mol. The summed E-state index contributed by atoms with van der Waals surface area (Å²) in [6, 6.07) is 7.16. The maximum Gasteiger partial charge on any atom is 0.471 e. The zero-order valence-corrected chi connectivity index (χ0v) is 12.7. The van der Waals surface area contributed by atoms with Crippen molar-refractivity contribution in [2.45, 2.75) is 19.7 Å². The first-order chi connectivity index (χ1) is 11.8. The Balaban J connectivity index is 1.74. The number of hydrogen-bond acceptors (Lipinski definition) is 6. The van der Waals surface area contributed by atoms with E-state index in [0.717, 1.165) is 11.8 Å². The van der Waals surface area contributed by atoms with Gasteiger partial charge in [-0.25, -0.2) is 4.39 Å². The van der Waals surface area contributed by atoms with E-state index in [1.807, 2.05) is 0 Å². The Morgan fingerprint density at radius 3 is 2.52 bits per heavy atom. The largest absolute Gasteiger partial charge is 0.472 e. The number of benzene rings is 1. The van der Waals surface area contributed by atoms with E-state index in [9.17, 15) is 17.6 Å². The van der Waals surface area contributed by atoms with E-state index in [-0.39, 0.29) is 18.1 Å². The topological polar surface area (TPSA) is 73.9 Å². The van der Waals surface area contributed by atoms with E-state index >= 15 is 0 Å². The summed E-state index contributed by atoms with van der Waals surface area (Å²) in [6.07, 6.45) is -4.79. The van der Waals surface area contributed by atoms with Gasteiger partial charge in [0, 0.05) is 6.07 Å². The number of halogens is 4. The van der Waals surface area contributed by atoms with Crippen molar-refractivity contribution < 1.29 is 26.8 Å². The van der Waals surface area contributed by atoms with E-state index in [1.54, 1.807) is 19.1 Å². The number of rotatable bonds is 4. The first-order valence-electron chi connectivity index (χ1n) is 6.96. The Morgan fingerprint density at radius 1 is 1.12 bits per heavy atom. The van der Waals surface area contributed by atoms with Crippen molar-refractivity contribution in [2.75, 3.05) is 0 Å². The predicted octanol–water partition coefficient (Wildman–Crippen LogP) is 3.57. The molecule has 0 aliphatic rings. The van der Waals surface area contributed by atoms with Gasteiger partial charge in [0.1, 0.15) is 12.4 Å². The van der Waals surface area contributed by atoms with Gasteiger partial charge in [0.15, 0.2) is 0 Å². The lowest BCUT2D eigenvalue weighted by Gasteiger charge is -2.06. The molecule has 0 atom stereocenters. The van der Waals surface area contributed by atoms with Crippen molar-refractivity contribution in [1.29, 1.82) is 0 Å². The smallest absolute Gasteiger partial charge is 0.471 e. The second-order valence-corrected chi connectivity index (χ2v) is 5.04. The summed E-state index contributed by atoms with van der Waals surface area (Å²) in [7, 11) is 0. The maximum absolute atomic E-state index is 14.1. The molecule has 2 aromatic heterocycles. The van der Waals surface area contributed by atoms with Crippen molar-refractivity contribution in [3.63, 3.8) is 0 Å². The van der Waals surface area contributed by atoms with Gasteiger partial charge in [-0.2, -0.15) is 23.3 Å². The first kappa shape index (κ1) is 16.8. The Morgan fingerprint density at radius 2 is 1.92 bits per heavy atom. The molecule has 0 aliphatic heterocycles. The van der Waals surface area contributed by atoms with Crippen LogP contribution < -0.4 is 4.74 Å². The molecule has 6 nitrogen and oxygen atoms in total.